The molecule has 0 aromatic rings. The van der Waals surface area contributed by atoms with Gasteiger partial charge in [-0.3, -0.25) is 0 Å². The summed E-state index contributed by atoms with van der Waals surface area (Å²) in [5.41, 5.74) is -5.17. The van der Waals surface area contributed by atoms with E-state index in [0.29, 0.717) is 0 Å². The number of rotatable bonds is 1. The molecule has 94 valence electrons. The molecule has 1 rings (SSSR count). The van der Waals surface area contributed by atoms with Crippen LogP contribution in [0.2, 0.25) is 0 Å². The van der Waals surface area contributed by atoms with Crippen molar-refractivity contribution in [1.29, 1.82) is 0 Å². The molecule has 0 aliphatic carbocycles. The lowest BCUT2D eigenvalue weighted by atomic mass is 9.73. The Hall–Kier alpha value is -0.690. The van der Waals surface area contributed by atoms with Gasteiger partial charge in [-0.05, 0) is 27.7 Å². The van der Waals surface area contributed by atoms with Crippen LogP contribution in [0.5, 0.6) is 0 Å². The van der Waals surface area contributed by atoms with Crippen molar-refractivity contribution in [2.45, 2.75) is 56.7 Å². The van der Waals surface area contributed by atoms with Crippen molar-refractivity contribution in [2.24, 2.45) is 0 Å². The molecular weight excluding hydrogens is 216 g/mol. The maximum Gasteiger partial charge on any atom is 0.338 e. The van der Waals surface area contributed by atoms with Gasteiger partial charge in [-0.15, -0.1) is 0 Å². The van der Waals surface area contributed by atoms with Crippen LogP contribution in [0.3, 0.4) is 0 Å². The van der Waals surface area contributed by atoms with Gasteiger partial charge in [0.1, 0.15) is 17.8 Å². The summed E-state index contributed by atoms with van der Waals surface area (Å²) in [7, 11) is 0. The van der Waals surface area contributed by atoms with E-state index in [4.69, 9.17) is 9.84 Å². The Bertz CT molecular complexity index is 310. The second-order valence-electron chi connectivity index (χ2n) is 5.15. The number of aliphatic carboxylic acids is 1. The van der Waals surface area contributed by atoms with E-state index in [1.807, 2.05) is 0 Å². The zero-order valence-corrected chi connectivity index (χ0v) is 9.76. The molecule has 1 saturated heterocycles. The van der Waals surface area contributed by atoms with Crippen LogP contribution in [0.25, 0.3) is 0 Å². The summed E-state index contributed by atoms with van der Waals surface area (Å²) in [6.07, 6.45) is -3.11. The Morgan fingerprint density at radius 3 is 1.94 bits per heavy atom. The van der Waals surface area contributed by atoms with Crippen LogP contribution in [0.15, 0.2) is 0 Å². The molecule has 4 atom stereocenters. The van der Waals surface area contributed by atoms with E-state index in [0.717, 1.165) is 0 Å². The van der Waals surface area contributed by atoms with E-state index in [1.54, 1.807) is 0 Å². The van der Waals surface area contributed by atoms with Gasteiger partial charge in [-0.25, -0.2) is 4.79 Å². The second-order valence-corrected chi connectivity index (χ2v) is 5.15. The molecule has 0 amide bonds. The molecule has 0 aromatic carbocycles. The van der Waals surface area contributed by atoms with Crippen LogP contribution in [-0.2, 0) is 9.53 Å². The predicted octanol–water partition coefficient (Wildman–Crippen LogP) is -0.889. The summed E-state index contributed by atoms with van der Waals surface area (Å²) in [6.45, 7) is 5.27. The van der Waals surface area contributed by atoms with Gasteiger partial charge in [0.25, 0.3) is 0 Å². The second kappa shape index (κ2) is 3.40. The summed E-state index contributed by atoms with van der Waals surface area (Å²) >= 11 is 0. The number of carboxylic acid groups (broad SMARTS) is 1. The SMILES string of the molecule is CC1(C)OC(C)(C(=O)O)[C@@H](O)C(C)(O)C1O. The average molecular weight is 234 g/mol. The Morgan fingerprint density at radius 2 is 1.56 bits per heavy atom. The maximum absolute atomic E-state index is 11.1. The zero-order chi connectivity index (χ0) is 12.9. The van der Waals surface area contributed by atoms with Gasteiger partial charge < -0.3 is 25.2 Å². The highest BCUT2D eigenvalue weighted by molar-refractivity contribution is 5.78. The first-order valence-electron chi connectivity index (χ1n) is 4.98. The van der Waals surface area contributed by atoms with E-state index in [9.17, 15) is 20.1 Å². The van der Waals surface area contributed by atoms with Crippen molar-refractivity contribution in [3.8, 4) is 0 Å². The zero-order valence-electron chi connectivity index (χ0n) is 9.76. The highest BCUT2D eigenvalue weighted by Gasteiger charge is 2.63. The lowest BCUT2D eigenvalue weighted by Gasteiger charge is -2.53. The molecule has 0 bridgehead atoms. The molecule has 1 aliphatic heterocycles. The van der Waals surface area contributed by atoms with Crippen LogP contribution < -0.4 is 0 Å². The van der Waals surface area contributed by atoms with Gasteiger partial charge in [-0.2, -0.15) is 0 Å². The summed E-state index contributed by atoms with van der Waals surface area (Å²) in [5.74, 6) is -1.39. The fourth-order valence-electron chi connectivity index (χ4n) is 2.23. The van der Waals surface area contributed by atoms with Crippen LogP contribution in [-0.4, -0.2) is 55.4 Å². The minimum absolute atomic E-state index is 1.17. The molecule has 0 radical (unpaired) electrons. The minimum Gasteiger partial charge on any atom is -0.479 e. The first kappa shape index (κ1) is 13.4. The van der Waals surface area contributed by atoms with Crippen molar-refractivity contribution >= 4 is 5.97 Å². The molecule has 1 aliphatic rings. The van der Waals surface area contributed by atoms with Crippen LogP contribution in [0, 0.1) is 0 Å². The number of carbonyl (C=O) groups is 1. The number of aliphatic hydroxyl groups is 3. The minimum atomic E-state index is -1.95. The number of ether oxygens (including phenoxy) is 1. The lowest BCUT2D eigenvalue weighted by Crippen LogP contribution is -2.74. The molecule has 0 saturated carbocycles. The number of carboxylic acids is 1. The summed E-state index contributed by atoms with van der Waals surface area (Å²) in [5, 5.41) is 38.7. The first-order valence-corrected chi connectivity index (χ1v) is 4.98. The maximum atomic E-state index is 11.1. The van der Waals surface area contributed by atoms with Gasteiger partial charge >= 0.3 is 5.97 Å². The third-order valence-electron chi connectivity index (χ3n) is 3.19. The van der Waals surface area contributed by atoms with Crippen LogP contribution in [0.4, 0.5) is 0 Å². The first-order chi connectivity index (χ1) is 6.96. The fraction of sp³-hybridized carbons (Fsp3) is 0.900. The van der Waals surface area contributed by atoms with Crippen LogP contribution >= 0.6 is 0 Å². The van der Waals surface area contributed by atoms with E-state index >= 15 is 0 Å². The largest absolute Gasteiger partial charge is 0.479 e. The van der Waals surface area contributed by atoms with Crippen molar-refractivity contribution in [3.63, 3.8) is 0 Å². The van der Waals surface area contributed by atoms with E-state index < -0.39 is 35.0 Å². The van der Waals surface area contributed by atoms with E-state index in [1.165, 1.54) is 27.7 Å². The van der Waals surface area contributed by atoms with Gasteiger partial charge in [0, 0.05) is 0 Å². The van der Waals surface area contributed by atoms with Crippen molar-refractivity contribution < 1.29 is 30.0 Å². The predicted molar refractivity (Wildman–Crippen MR) is 53.8 cm³/mol. The Kier molecular flexibility index (Phi) is 2.84. The van der Waals surface area contributed by atoms with E-state index in [2.05, 4.69) is 0 Å². The number of hydrogen-bond donors (Lipinski definition) is 4. The molecule has 0 spiro atoms. The average Bonchev–Trinajstić information content (AvgIpc) is 2.12. The number of hydrogen-bond acceptors (Lipinski definition) is 5. The molecule has 4 N–H and O–H groups in total. The molecular formula is C10H18O6. The summed E-state index contributed by atoms with van der Waals surface area (Å²) in [4.78, 5) is 11.1. The monoisotopic (exact) mass is 234 g/mol. The normalized spacial score (nSPS) is 47.7. The van der Waals surface area contributed by atoms with Gasteiger partial charge in [-0.1, -0.05) is 0 Å². The molecule has 16 heavy (non-hydrogen) atoms. The van der Waals surface area contributed by atoms with E-state index in [-0.39, 0.29) is 0 Å². The molecule has 0 aromatic heterocycles. The molecule has 3 unspecified atom stereocenters. The number of aliphatic hydroxyl groups excluding tert-OH is 2. The standard InChI is InChI=1S/C10H18O6/c1-8(2)5(11)9(3,15)6(12)10(4,16-8)7(13)14/h5-6,11-12,15H,1-4H3,(H,13,14)/t5?,6-,9?,10?/m0/s1. The van der Waals surface area contributed by atoms with Crippen molar-refractivity contribution in [1.82, 2.24) is 0 Å². The summed E-state index contributed by atoms with van der Waals surface area (Å²) < 4.78 is 5.22. The molecule has 6 nitrogen and oxygen atoms in total. The Balaban J connectivity index is 3.25. The highest BCUT2D eigenvalue weighted by atomic mass is 16.6. The fourth-order valence-corrected chi connectivity index (χ4v) is 2.23. The topological polar surface area (TPSA) is 107 Å². The molecule has 6 heteroatoms. The molecule has 1 heterocycles. The molecule has 1 fully saturated rings. The van der Waals surface area contributed by atoms with Crippen molar-refractivity contribution in [3.05, 3.63) is 0 Å². The van der Waals surface area contributed by atoms with Gasteiger partial charge in [0.15, 0.2) is 5.60 Å². The van der Waals surface area contributed by atoms with Gasteiger partial charge in [0.2, 0.25) is 0 Å². The van der Waals surface area contributed by atoms with Gasteiger partial charge in [0.05, 0.1) is 5.60 Å². The third-order valence-corrected chi connectivity index (χ3v) is 3.19. The summed E-state index contributed by atoms with van der Waals surface area (Å²) in [6, 6.07) is 0. The third kappa shape index (κ3) is 1.62. The van der Waals surface area contributed by atoms with Crippen molar-refractivity contribution in [2.75, 3.05) is 0 Å². The Labute approximate surface area is 93.5 Å². The smallest absolute Gasteiger partial charge is 0.338 e. The lowest BCUT2D eigenvalue weighted by molar-refractivity contribution is -0.319. The highest BCUT2D eigenvalue weighted by Crippen LogP contribution is 2.41. The quantitative estimate of drug-likeness (QED) is 0.469. The Morgan fingerprint density at radius 1 is 1.12 bits per heavy atom. The van der Waals surface area contributed by atoms with Crippen LogP contribution in [0.1, 0.15) is 27.7 Å².